The summed E-state index contributed by atoms with van der Waals surface area (Å²) < 4.78 is 0. The fourth-order valence-corrected chi connectivity index (χ4v) is 1.92. The van der Waals surface area contributed by atoms with E-state index >= 15 is 0 Å². The zero-order valence-corrected chi connectivity index (χ0v) is 8.50. The summed E-state index contributed by atoms with van der Waals surface area (Å²) in [5.74, 6) is -0.877. The zero-order chi connectivity index (χ0) is 10.6. The summed E-state index contributed by atoms with van der Waals surface area (Å²) >= 11 is 1.09. The molecule has 1 amide bonds. The third-order valence-corrected chi connectivity index (χ3v) is 2.87. The van der Waals surface area contributed by atoms with Crippen LogP contribution in [0.25, 0.3) is 0 Å². The van der Waals surface area contributed by atoms with Crippen LogP contribution in [-0.2, 0) is 9.59 Å². The number of carbonyl (C=O) groups is 2. The van der Waals surface area contributed by atoms with E-state index in [1.54, 1.807) is 4.90 Å². The van der Waals surface area contributed by atoms with Gasteiger partial charge < -0.3 is 15.1 Å². The Hall–Kier alpha value is -0.750. The number of carboxylic acid groups (broad SMARTS) is 1. The summed E-state index contributed by atoms with van der Waals surface area (Å²) in [5.41, 5.74) is 0. The van der Waals surface area contributed by atoms with Gasteiger partial charge >= 0.3 is 5.97 Å². The number of aliphatic hydroxyl groups is 1. The first kappa shape index (κ1) is 11.3. The highest BCUT2D eigenvalue weighted by molar-refractivity contribution is 8.00. The molecule has 1 aliphatic heterocycles. The molecule has 1 aliphatic rings. The van der Waals surface area contributed by atoms with Crippen LogP contribution in [0.4, 0.5) is 0 Å². The molecule has 0 aromatic carbocycles. The molecule has 1 fully saturated rings. The topological polar surface area (TPSA) is 77.8 Å². The molecule has 0 spiro atoms. The lowest BCUT2D eigenvalue weighted by Crippen LogP contribution is -2.31. The first-order valence-corrected chi connectivity index (χ1v) is 5.50. The van der Waals surface area contributed by atoms with Crippen molar-refractivity contribution < 1.29 is 19.8 Å². The van der Waals surface area contributed by atoms with E-state index in [1.165, 1.54) is 0 Å². The largest absolute Gasteiger partial charge is 0.481 e. The minimum absolute atomic E-state index is 0.0534. The summed E-state index contributed by atoms with van der Waals surface area (Å²) in [6.07, 6.45) is 0.207. The van der Waals surface area contributed by atoms with Gasteiger partial charge in [-0.05, 0) is 6.42 Å². The molecule has 6 heteroatoms. The van der Waals surface area contributed by atoms with Gasteiger partial charge in [0, 0.05) is 13.1 Å². The molecule has 1 saturated heterocycles. The van der Waals surface area contributed by atoms with E-state index in [0.717, 1.165) is 11.8 Å². The normalized spacial score (nSPS) is 21.2. The van der Waals surface area contributed by atoms with Crippen LogP contribution < -0.4 is 0 Å². The summed E-state index contributed by atoms with van der Waals surface area (Å²) in [6.45, 7) is 0.958. The number of carbonyl (C=O) groups excluding carboxylic acids is 1. The van der Waals surface area contributed by atoms with Crippen LogP contribution in [0.3, 0.4) is 0 Å². The number of likely N-dealkylation sites (tertiary alicyclic amines) is 1. The summed E-state index contributed by atoms with van der Waals surface area (Å²) in [4.78, 5) is 23.1. The molecule has 0 radical (unpaired) electrons. The molecule has 0 bridgehead atoms. The molecular formula is C8H13NO4S. The van der Waals surface area contributed by atoms with Crippen molar-refractivity contribution in [1.29, 1.82) is 0 Å². The lowest BCUT2D eigenvalue weighted by molar-refractivity contribution is -0.133. The second kappa shape index (κ2) is 5.21. The van der Waals surface area contributed by atoms with Gasteiger partial charge in [-0.3, -0.25) is 9.59 Å². The Kier molecular flexibility index (Phi) is 4.21. The minimum atomic E-state index is -0.913. The van der Waals surface area contributed by atoms with Crippen LogP contribution in [-0.4, -0.2) is 57.7 Å². The van der Waals surface area contributed by atoms with Crippen molar-refractivity contribution >= 4 is 23.6 Å². The van der Waals surface area contributed by atoms with Gasteiger partial charge in [-0.25, -0.2) is 0 Å². The van der Waals surface area contributed by atoms with Crippen molar-refractivity contribution in [3.05, 3.63) is 0 Å². The molecule has 0 aromatic rings. The molecule has 0 saturated carbocycles. The number of nitrogens with zero attached hydrogens (tertiary/aromatic N) is 1. The Morgan fingerprint density at radius 2 is 2.14 bits per heavy atom. The highest BCUT2D eigenvalue weighted by atomic mass is 32.2. The van der Waals surface area contributed by atoms with E-state index in [4.69, 9.17) is 10.2 Å². The molecule has 0 aromatic heterocycles. The van der Waals surface area contributed by atoms with Crippen molar-refractivity contribution in [2.75, 3.05) is 24.6 Å². The van der Waals surface area contributed by atoms with E-state index in [2.05, 4.69) is 0 Å². The fourth-order valence-electron chi connectivity index (χ4n) is 1.29. The van der Waals surface area contributed by atoms with Crippen molar-refractivity contribution in [3.63, 3.8) is 0 Å². The molecular weight excluding hydrogens is 206 g/mol. The van der Waals surface area contributed by atoms with Gasteiger partial charge in [-0.2, -0.15) is 0 Å². The molecule has 2 N–H and O–H groups in total. The number of aliphatic carboxylic acids is 1. The molecule has 1 heterocycles. The third-order valence-electron chi connectivity index (χ3n) is 1.97. The monoisotopic (exact) mass is 219 g/mol. The van der Waals surface area contributed by atoms with Gasteiger partial charge in [0.05, 0.1) is 17.6 Å². The molecule has 1 atom stereocenters. The molecule has 80 valence electrons. The van der Waals surface area contributed by atoms with Crippen LogP contribution in [0.2, 0.25) is 0 Å². The van der Waals surface area contributed by atoms with Crippen LogP contribution in [0, 0.1) is 0 Å². The number of β-amino-alcohol motifs (C(OH)–C–C–N with tert-alkyl or cyclic N) is 1. The first-order chi connectivity index (χ1) is 6.59. The Labute approximate surface area is 86.1 Å². The predicted octanol–water partition coefficient (Wildman–Crippen LogP) is -0.603. The van der Waals surface area contributed by atoms with E-state index in [0.29, 0.717) is 19.5 Å². The highest BCUT2D eigenvalue weighted by Crippen LogP contribution is 2.11. The fraction of sp³-hybridized carbons (Fsp3) is 0.750. The van der Waals surface area contributed by atoms with Gasteiger partial charge in [0.2, 0.25) is 5.91 Å². The number of amides is 1. The maximum atomic E-state index is 11.4. The van der Waals surface area contributed by atoms with Gasteiger partial charge in [0.1, 0.15) is 0 Å². The number of aliphatic hydroxyl groups excluding tert-OH is 1. The molecule has 14 heavy (non-hydrogen) atoms. The number of hydrogen-bond acceptors (Lipinski definition) is 4. The van der Waals surface area contributed by atoms with Gasteiger partial charge in [-0.15, -0.1) is 11.8 Å². The van der Waals surface area contributed by atoms with Gasteiger partial charge in [0.15, 0.2) is 0 Å². The summed E-state index contributed by atoms with van der Waals surface area (Å²) in [6, 6.07) is 0. The second-order valence-electron chi connectivity index (χ2n) is 3.17. The molecule has 1 rings (SSSR count). The van der Waals surface area contributed by atoms with Crippen molar-refractivity contribution in [2.24, 2.45) is 0 Å². The van der Waals surface area contributed by atoms with Crippen molar-refractivity contribution in [1.82, 2.24) is 4.90 Å². The lowest BCUT2D eigenvalue weighted by atomic mass is 10.3. The third kappa shape index (κ3) is 3.55. The van der Waals surface area contributed by atoms with Crippen molar-refractivity contribution in [3.8, 4) is 0 Å². The molecule has 0 aliphatic carbocycles. The zero-order valence-electron chi connectivity index (χ0n) is 7.68. The smallest absolute Gasteiger partial charge is 0.313 e. The van der Waals surface area contributed by atoms with Crippen LogP contribution >= 0.6 is 11.8 Å². The number of thioether (sulfide) groups is 1. The van der Waals surface area contributed by atoms with Gasteiger partial charge in [-0.1, -0.05) is 0 Å². The standard InChI is InChI=1S/C8H13NO4S/c10-6-1-2-9(3-6)7(11)4-14-5-8(12)13/h6,10H,1-5H2,(H,12,13)/t6-/m1/s1. The van der Waals surface area contributed by atoms with Gasteiger partial charge in [0.25, 0.3) is 0 Å². The average molecular weight is 219 g/mol. The van der Waals surface area contributed by atoms with E-state index in [9.17, 15) is 9.59 Å². The quantitative estimate of drug-likeness (QED) is 0.660. The first-order valence-electron chi connectivity index (χ1n) is 4.35. The number of hydrogen-bond donors (Lipinski definition) is 2. The minimum Gasteiger partial charge on any atom is -0.481 e. The number of carboxylic acids is 1. The number of rotatable bonds is 4. The van der Waals surface area contributed by atoms with Crippen LogP contribution in [0.5, 0.6) is 0 Å². The second-order valence-corrected chi connectivity index (χ2v) is 4.15. The Morgan fingerprint density at radius 1 is 1.43 bits per heavy atom. The Morgan fingerprint density at radius 3 is 2.64 bits per heavy atom. The molecule has 0 unspecified atom stereocenters. The van der Waals surface area contributed by atoms with Crippen LogP contribution in [0.1, 0.15) is 6.42 Å². The Balaban J connectivity index is 2.18. The molecule has 5 nitrogen and oxygen atoms in total. The van der Waals surface area contributed by atoms with Crippen molar-refractivity contribution in [2.45, 2.75) is 12.5 Å². The average Bonchev–Trinajstić information content (AvgIpc) is 2.51. The van der Waals surface area contributed by atoms with E-state index < -0.39 is 12.1 Å². The predicted molar refractivity (Wildman–Crippen MR) is 52.2 cm³/mol. The summed E-state index contributed by atoms with van der Waals surface area (Å²) in [5, 5.41) is 17.5. The maximum Gasteiger partial charge on any atom is 0.313 e. The maximum absolute atomic E-state index is 11.4. The summed E-state index contributed by atoms with van der Waals surface area (Å²) in [7, 11) is 0. The SMILES string of the molecule is O=C(O)CSCC(=O)N1CC[C@@H](O)C1. The van der Waals surface area contributed by atoms with E-state index in [-0.39, 0.29) is 17.4 Å². The lowest BCUT2D eigenvalue weighted by Gasteiger charge is -2.14. The van der Waals surface area contributed by atoms with E-state index in [1.807, 2.05) is 0 Å². The highest BCUT2D eigenvalue weighted by Gasteiger charge is 2.24. The van der Waals surface area contributed by atoms with Crippen LogP contribution in [0.15, 0.2) is 0 Å². The Bertz CT molecular complexity index is 233.